The van der Waals surface area contributed by atoms with Crippen molar-refractivity contribution < 1.29 is 9.59 Å². The molecule has 0 saturated heterocycles. The molecule has 3 heteroatoms. The molecule has 21 heavy (non-hydrogen) atoms. The van der Waals surface area contributed by atoms with Gasteiger partial charge in [0.05, 0.1) is 5.69 Å². The normalized spacial score (nSPS) is 16.4. The van der Waals surface area contributed by atoms with Crippen molar-refractivity contribution in [3.8, 4) is 0 Å². The van der Waals surface area contributed by atoms with E-state index >= 15 is 0 Å². The van der Waals surface area contributed by atoms with Crippen molar-refractivity contribution in [2.24, 2.45) is 0 Å². The molecule has 0 aromatic heterocycles. The molecule has 3 rings (SSSR count). The summed E-state index contributed by atoms with van der Waals surface area (Å²) in [5.41, 5.74) is 4.85. The summed E-state index contributed by atoms with van der Waals surface area (Å²) in [7, 11) is 0. The maximum Gasteiger partial charge on any atom is 0.227 e. The predicted octanol–water partition coefficient (Wildman–Crippen LogP) is 3.87. The predicted molar refractivity (Wildman–Crippen MR) is 84.0 cm³/mol. The Morgan fingerprint density at radius 1 is 1.14 bits per heavy atom. The van der Waals surface area contributed by atoms with E-state index in [0.717, 1.165) is 29.7 Å². The smallest absolute Gasteiger partial charge is 0.227 e. The van der Waals surface area contributed by atoms with Crippen LogP contribution in [-0.2, 0) is 4.79 Å². The fourth-order valence-corrected chi connectivity index (χ4v) is 2.84. The van der Waals surface area contributed by atoms with Crippen LogP contribution in [0.3, 0.4) is 0 Å². The molecule has 1 amide bonds. The summed E-state index contributed by atoms with van der Waals surface area (Å²) in [6.07, 6.45) is 9.97. The average Bonchev–Trinajstić information content (AvgIpc) is 2.63. The molecule has 0 saturated carbocycles. The van der Waals surface area contributed by atoms with Crippen molar-refractivity contribution in [3.63, 3.8) is 0 Å². The van der Waals surface area contributed by atoms with E-state index in [1.165, 1.54) is 12.5 Å². The molecule has 0 radical (unpaired) electrons. The lowest BCUT2D eigenvalue weighted by Crippen LogP contribution is -2.22. The molecule has 1 aliphatic heterocycles. The van der Waals surface area contributed by atoms with Crippen molar-refractivity contribution in [1.82, 2.24) is 0 Å². The van der Waals surface area contributed by atoms with Gasteiger partial charge in [0.2, 0.25) is 5.91 Å². The summed E-state index contributed by atoms with van der Waals surface area (Å²) in [6, 6.07) is 5.62. The summed E-state index contributed by atoms with van der Waals surface area (Å²) in [5.74, 6) is -0.0516. The topological polar surface area (TPSA) is 37.4 Å². The quantitative estimate of drug-likeness (QED) is 0.732. The zero-order valence-electron chi connectivity index (χ0n) is 12.2. The van der Waals surface area contributed by atoms with Gasteiger partial charge in [0.25, 0.3) is 0 Å². The number of fused-ring (bicyclic) bond motifs is 2. The maximum atomic E-state index is 12.0. The summed E-state index contributed by atoms with van der Waals surface area (Å²) < 4.78 is 0. The second kappa shape index (κ2) is 5.17. The number of benzene rings is 1. The van der Waals surface area contributed by atoms with E-state index in [2.05, 4.69) is 12.2 Å². The Hall–Kier alpha value is -2.42. The van der Waals surface area contributed by atoms with Crippen LogP contribution in [0.2, 0.25) is 0 Å². The molecule has 0 N–H and O–H groups in total. The van der Waals surface area contributed by atoms with Gasteiger partial charge in [-0.25, -0.2) is 0 Å². The highest BCUT2D eigenvalue weighted by Gasteiger charge is 2.22. The van der Waals surface area contributed by atoms with Crippen molar-refractivity contribution >= 4 is 23.0 Å². The Bertz CT molecular complexity index is 723. The fraction of sp³-hybridized carbons (Fsp3) is 0.222. The molecule has 0 unspecified atom stereocenters. The second-order valence-corrected chi connectivity index (χ2v) is 5.37. The fourth-order valence-electron chi connectivity index (χ4n) is 2.84. The molecule has 0 spiro atoms. The van der Waals surface area contributed by atoms with E-state index in [1.807, 2.05) is 24.3 Å². The van der Waals surface area contributed by atoms with Gasteiger partial charge in [-0.3, -0.25) is 14.5 Å². The highest BCUT2D eigenvalue weighted by atomic mass is 16.2. The van der Waals surface area contributed by atoms with Crippen LogP contribution in [0.15, 0.2) is 48.2 Å². The van der Waals surface area contributed by atoms with Crippen LogP contribution in [0.5, 0.6) is 0 Å². The number of anilines is 1. The van der Waals surface area contributed by atoms with E-state index in [9.17, 15) is 9.59 Å². The Morgan fingerprint density at radius 3 is 2.67 bits per heavy atom. The molecule has 3 nitrogen and oxygen atoms in total. The number of nitrogens with zero attached hydrogens (tertiary/aromatic N) is 1. The third-order valence-electron chi connectivity index (χ3n) is 3.94. The number of amides is 1. The van der Waals surface area contributed by atoms with E-state index < -0.39 is 0 Å². The lowest BCUT2D eigenvalue weighted by Gasteiger charge is -2.21. The van der Waals surface area contributed by atoms with Crippen LogP contribution in [0.1, 0.15) is 42.6 Å². The standard InChI is InChI=1S/C18H17NO2/c1-12(20)15-7-8-17-16-6-4-3-5-14(16)9-10-19(13(2)21)18(17)11-15/h3,5,7-11H,4,6H2,1-2H3. The molecule has 1 aromatic carbocycles. The Morgan fingerprint density at radius 2 is 1.95 bits per heavy atom. The van der Waals surface area contributed by atoms with E-state index in [0.29, 0.717) is 5.56 Å². The van der Waals surface area contributed by atoms with Crippen molar-refractivity contribution in [2.45, 2.75) is 26.7 Å². The summed E-state index contributed by atoms with van der Waals surface area (Å²) in [5, 5.41) is 0. The van der Waals surface area contributed by atoms with E-state index in [4.69, 9.17) is 0 Å². The highest BCUT2D eigenvalue weighted by molar-refractivity contribution is 6.02. The maximum absolute atomic E-state index is 12.0. The summed E-state index contributed by atoms with van der Waals surface area (Å²) in [6.45, 7) is 3.08. The number of ketones is 1. The van der Waals surface area contributed by atoms with Gasteiger partial charge < -0.3 is 0 Å². The number of rotatable bonds is 1. The first-order valence-electron chi connectivity index (χ1n) is 7.11. The highest BCUT2D eigenvalue weighted by Crippen LogP contribution is 2.38. The molecular formula is C18H17NO2. The van der Waals surface area contributed by atoms with Crippen molar-refractivity contribution in [2.75, 3.05) is 4.90 Å². The summed E-state index contributed by atoms with van der Waals surface area (Å²) in [4.78, 5) is 25.2. The lowest BCUT2D eigenvalue weighted by atomic mass is 9.90. The minimum Gasteiger partial charge on any atom is -0.295 e. The average molecular weight is 279 g/mol. The second-order valence-electron chi connectivity index (χ2n) is 5.37. The number of carbonyl (C=O) groups is 2. The molecular weight excluding hydrogens is 262 g/mol. The largest absolute Gasteiger partial charge is 0.295 e. The van der Waals surface area contributed by atoms with E-state index in [1.54, 1.807) is 18.0 Å². The third-order valence-corrected chi connectivity index (χ3v) is 3.94. The van der Waals surface area contributed by atoms with Gasteiger partial charge >= 0.3 is 0 Å². The minimum absolute atomic E-state index is 0.00673. The van der Waals surface area contributed by atoms with Crippen molar-refractivity contribution in [3.05, 3.63) is 59.3 Å². The number of carbonyl (C=O) groups excluding carboxylic acids is 2. The number of hydrogen-bond acceptors (Lipinski definition) is 2. The van der Waals surface area contributed by atoms with Crippen LogP contribution in [-0.4, -0.2) is 11.7 Å². The first-order valence-corrected chi connectivity index (χ1v) is 7.11. The number of allylic oxidation sites excluding steroid dienone is 5. The van der Waals surface area contributed by atoms with Gasteiger partial charge in [-0.05, 0) is 43.1 Å². The molecule has 0 bridgehead atoms. The minimum atomic E-state index is -0.0583. The zero-order chi connectivity index (χ0) is 15.0. The van der Waals surface area contributed by atoms with Gasteiger partial charge in [0.1, 0.15) is 0 Å². The summed E-state index contributed by atoms with van der Waals surface area (Å²) >= 11 is 0. The molecule has 0 fully saturated rings. The Balaban J connectivity index is 2.25. The first-order chi connectivity index (χ1) is 10.1. The van der Waals surface area contributed by atoms with Gasteiger partial charge in [-0.15, -0.1) is 0 Å². The van der Waals surface area contributed by atoms with E-state index in [-0.39, 0.29) is 11.7 Å². The molecule has 1 aromatic rings. The van der Waals surface area contributed by atoms with Gasteiger partial charge in [-0.1, -0.05) is 24.3 Å². The molecule has 2 aliphatic rings. The number of hydrogen-bond donors (Lipinski definition) is 0. The first kappa shape index (κ1) is 13.6. The van der Waals surface area contributed by atoms with Crippen LogP contribution >= 0.6 is 0 Å². The van der Waals surface area contributed by atoms with Crippen LogP contribution in [0.4, 0.5) is 5.69 Å². The zero-order valence-corrected chi connectivity index (χ0v) is 12.2. The van der Waals surface area contributed by atoms with Gasteiger partial charge in [-0.2, -0.15) is 0 Å². The molecule has 0 atom stereocenters. The van der Waals surface area contributed by atoms with Crippen LogP contribution < -0.4 is 4.90 Å². The monoisotopic (exact) mass is 279 g/mol. The molecule has 106 valence electrons. The van der Waals surface area contributed by atoms with Crippen molar-refractivity contribution in [1.29, 1.82) is 0 Å². The molecule has 1 aliphatic carbocycles. The molecule has 1 heterocycles. The van der Waals surface area contributed by atoms with Crippen LogP contribution in [0.25, 0.3) is 5.57 Å². The Labute approximate surface area is 124 Å². The Kier molecular flexibility index (Phi) is 3.34. The van der Waals surface area contributed by atoms with Gasteiger partial charge in [0, 0.05) is 24.3 Å². The number of Topliss-reactive ketones (excluding diaryl/α,β-unsaturated/α-hetero) is 1. The third kappa shape index (κ3) is 2.35. The lowest BCUT2D eigenvalue weighted by molar-refractivity contribution is -0.116. The van der Waals surface area contributed by atoms with Crippen LogP contribution in [0, 0.1) is 0 Å². The van der Waals surface area contributed by atoms with Gasteiger partial charge in [0.15, 0.2) is 5.78 Å². The SMILES string of the molecule is CC(=O)c1ccc2c(c1)N(C(C)=O)C=CC1=C2CCC=C1.